The number of halogens is 1. The summed E-state index contributed by atoms with van der Waals surface area (Å²) in [5.74, 6) is -0.485. The lowest BCUT2D eigenvalue weighted by Gasteiger charge is -2.13. The van der Waals surface area contributed by atoms with Gasteiger partial charge in [0, 0.05) is 10.4 Å². The van der Waals surface area contributed by atoms with E-state index in [0.29, 0.717) is 10.2 Å². The van der Waals surface area contributed by atoms with Crippen LogP contribution in [0.1, 0.15) is 23.5 Å². The second-order valence-electron chi connectivity index (χ2n) is 5.02. The van der Waals surface area contributed by atoms with Crippen molar-refractivity contribution < 1.29 is 9.50 Å². The zero-order valence-corrected chi connectivity index (χ0v) is 12.8. The first-order chi connectivity index (χ1) is 10.6. The Labute approximate surface area is 130 Å². The van der Waals surface area contributed by atoms with Gasteiger partial charge in [0.2, 0.25) is 0 Å². The lowest BCUT2D eigenvalue weighted by atomic mass is 10.1. The molecule has 1 atom stereocenters. The van der Waals surface area contributed by atoms with Crippen LogP contribution in [0.5, 0.6) is 0 Å². The zero-order chi connectivity index (χ0) is 15.7. The first kappa shape index (κ1) is 14.9. The van der Waals surface area contributed by atoms with E-state index in [9.17, 15) is 14.3 Å². The molecule has 114 valence electrons. The summed E-state index contributed by atoms with van der Waals surface area (Å²) < 4.78 is 15.0. The van der Waals surface area contributed by atoms with Gasteiger partial charge in [-0.05, 0) is 18.6 Å². The molecular formula is C16H15FN2O2S. The Bertz CT molecular complexity index is 872. The van der Waals surface area contributed by atoms with Crippen LogP contribution in [0.2, 0.25) is 0 Å². The van der Waals surface area contributed by atoms with Crippen molar-refractivity contribution in [1.29, 1.82) is 0 Å². The summed E-state index contributed by atoms with van der Waals surface area (Å²) in [6, 6.07) is 7.84. The fourth-order valence-corrected chi connectivity index (χ4v) is 3.27. The monoisotopic (exact) mass is 318 g/mol. The third-order valence-electron chi connectivity index (χ3n) is 3.55. The van der Waals surface area contributed by atoms with E-state index in [1.807, 2.05) is 13.0 Å². The third kappa shape index (κ3) is 2.67. The number of rotatable bonds is 4. The van der Waals surface area contributed by atoms with Crippen LogP contribution >= 0.6 is 11.3 Å². The molecular weight excluding hydrogens is 303 g/mol. The molecule has 6 heteroatoms. The molecule has 2 aromatic heterocycles. The molecule has 1 aromatic carbocycles. The average molecular weight is 318 g/mol. The number of hydrogen-bond donors (Lipinski definition) is 1. The van der Waals surface area contributed by atoms with Crippen LogP contribution in [0.4, 0.5) is 4.39 Å². The molecule has 0 bridgehead atoms. The van der Waals surface area contributed by atoms with Crippen molar-refractivity contribution in [2.24, 2.45) is 0 Å². The molecule has 22 heavy (non-hydrogen) atoms. The maximum atomic E-state index is 13.7. The first-order valence-corrected chi connectivity index (χ1v) is 7.82. The number of thiophene rings is 1. The highest BCUT2D eigenvalue weighted by Crippen LogP contribution is 2.22. The maximum Gasteiger partial charge on any atom is 0.262 e. The van der Waals surface area contributed by atoms with Gasteiger partial charge in [0.15, 0.2) is 0 Å². The Morgan fingerprint density at radius 2 is 2.18 bits per heavy atom. The van der Waals surface area contributed by atoms with Gasteiger partial charge in [-0.2, -0.15) is 0 Å². The van der Waals surface area contributed by atoms with Gasteiger partial charge < -0.3 is 5.11 Å². The Kier molecular flexibility index (Phi) is 4.04. The minimum absolute atomic E-state index is 0.0278. The van der Waals surface area contributed by atoms with Crippen molar-refractivity contribution in [3.63, 3.8) is 0 Å². The topological polar surface area (TPSA) is 55.1 Å². The second-order valence-corrected chi connectivity index (χ2v) is 6.14. The van der Waals surface area contributed by atoms with Gasteiger partial charge in [0.25, 0.3) is 5.56 Å². The molecule has 0 amide bonds. The van der Waals surface area contributed by atoms with Crippen LogP contribution in [0.15, 0.2) is 41.5 Å². The predicted molar refractivity (Wildman–Crippen MR) is 84.6 cm³/mol. The molecule has 0 saturated carbocycles. The molecule has 4 nitrogen and oxygen atoms in total. The fraction of sp³-hybridized carbons (Fsp3) is 0.250. The van der Waals surface area contributed by atoms with Gasteiger partial charge in [0.05, 0.1) is 24.4 Å². The van der Waals surface area contributed by atoms with E-state index in [2.05, 4.69) is 4.98 Å². The number of aliphatic hydroxyl groups excluding tert-OH is 1. The summed E-state index contributed by atoms with van der Waals surface area (Å²) in [6.45, 7) is 1.99. The van der Waals surface area contributed by atoms with Gasteiger partial charge in [0.1, 0.15) is 10.6 Å². The third-order valence-corrected chi connectivity index (χ3v) is 4.74. The smallest absolute Gasteiger partial charge is 0.262 e. The fourth-order valence-electron chi connectivity index (χ4n) is 2.34. The molecule has 0 aliphatic carbocycles. The summed E-state index contributed by atoms with van der Waals surface area (Å²) in [5.41, 5.74) is -0.0367. The summed E-state index contributed by atoms with van der Waals surface area (Å²) in [5, 5.41) is 10.7. The molecule has 0 saturated heterocycles. The number of aliphatic hydroxyl groups is 1. The molecule has 2 heterocycles. The van der Waals surface area contributed by atoms with Gasteiger partial charge in [-0.25, -0.2) is 9.37 Å². The first-order valence-electron chi connectivity index (χ1n) is 7.00. The number of aryl methyl sites for hydroxylation is 1. The highest BCUT2D eigenvalue weighted by molar-refractivity contribution is 7.18. The van der Waals surface area contributed by atoms with E-state index in [-0.39, 0.29) is 17.7 Å². The highest BCUT2D eigenvalue weighted by atomic mass is 32.1. The molecule has 1 N–H and O–H groups in total. The van der Waals surface area contributed by atoms with E-state index < -0.39 is 11.9 Å². The highest BCUT2D eigenvalue weighted by Gasteiger charge is 2.15. The number of hydrogen-bond acceptors (Lipinski definition) is 4. The molecule has 0 radical (unpaired) electrons. The lowest BCUT2D eigenvalue weighted by molar-refractivity contribution is 0.150. The van der Waals surface area contributed by atoms with E-state index in [1.54, 1.807) is 12.1 Å². The maximum absolute atomic E-state index is 13.7. The summed E-state index contributed by atoms with van der Waals surface area (Å²) in [7, 11) is 0. The van der Waals surface area contributed by atoms with E-state index in [0.717, 1.165) is 11.3 Å². The second kappa shape index (κ2) is 5.98. The lowest BCUT2D eigenvalue weighted by Crippen LogP contribution is -2.23. The Morgan fingerprint density at radius 1 is 1.41 bits per heavy atom. The van der Waals surface area contributed by atoms with Gasteiger partial charge in [-0.1, -0.05) is 25.1 Å². The van der Waals surface area contributed by atoms with Crippen molar-refractivity contribution in [3.05, 3.63) is 63.3 Å². The molecule has 0 fully saturated rings. The molecule has 1 unspecified atom stereocenters. The molecule has 0 spiro atoms. The van der Waals surface area contributed by atoms with Crippen molar-refractivity contribution in [2.45, 2.75) is 26.0 Å². The predicted octanol–water partition coefficient (Wildman–Crippen LogP) is 2.89. The van der Waals surface area contributed by atoms with Gasteiger partial charge in [-0.3, -0.25) is 9.36 Å². The Morgan fingerprint density at radius 3 is 2.91 bits per heavy atom. The number of benzene rings is 1. The van der Waals surface area contributed by atoms with Crippen molar-refractivity contribution in [2.75, 3.05) is 0 Å². The largest absolute Gasteiger partial charge is 0.386 e. The SMILES string of the molecule is CCc1cc2c(=O)n(CC(O)c3ccccc3F)cnc2s1. The molecule has 3 aromatic rings. The van der Waals surface area contributed by atoms with E-state index in [4.69, 9.17) is 0 Å². The minimum Gasteiger partial charge on any atom is -0.386 e. The standard InChI is InChI=1S/C16H15FN2O2S/c1-2-10-7-12-15(22-10)18-9-19(16(12)21)8-14(20)11-5-3-4-6-13(11)17/h3-7,9,14,20H,2,8H2,1H3. The summed E-state index contributed by atoms with van der Waals surface area (Å²) in [6.07, 6.45) is 1.16. The average Bonchev–Trinajstić information content (AvgIpc) is 2.94. The summed E-state index contributed by atoms with van der Waals surface area (Å²) >= 11 is 1.49. The van der Waals surface area contributed by atoms with Crippen LogP contribution in [-0.4, -0.2) is 14.7 Å². The van der Waals surface area contributed by atoms with E-state index >= 15 is 0 Å². The zero-order valence-electron chi connectivity index (χ0n) is 12.0. The number of aromatic nitrogens is 2. The van der Waals surface area contributed by atoms with Gasteiger partial charge in [-0.15, -0.1) is 11.3 Å². The van der Waals surface area contributed by atoms with Crippen LogP contribution < -0.4 is 5.56 Å². The van der Waals surface area contributed by atoms with Crippen LogP contribution in [0, 0.1) is 5.82 Å². The van der Waals surface area contributed by atoms with Crippen molar-refractivity contribution in [3.8, 4) is 0 Å². The molecule has 3 rings (SSSR count). The number of fused-ring (bicyclic) bond motifs is 1. The Hall–Kier alpha value is -2.05. The Balaban J connectivity index is 1.95. The van der Waals surface area contributed by atoms with Crippen LogP contribution in [-0.2, 0) is 13.0 Å². The minimum atomic E-state index is -1.09. The summed E-state index contributed by atoms with van der Waals surface area (Å²) in [4.78, 5) is 18.5. The van der Waals surface area contributed by atoms with E-state index in [1.165, 1.54) is 34.4 Å². The van der Waals surface area contributed by atoms with Crippen LogP contribution in [0.25, 0.3) is 10.2 Å². The molecule has 0 aliphatic rings. The quantitative estimate of drug-likeness (QED) is 0.805. The van der Waals surface area contributed by atoms with Crippen molar-refractivity contribution in [1.82, 2.24) is 9.55 Å². The van der Waals surface area contributed by atoms with Crippen LogP contribution in [0.3, 0.4) is 0 Å². The normalized spacial score (nSPS) is 12.7. The van der Waals surface area contributed by atoms with Gasteiger partial charge >= 0.3 is 0 Å². The molecule has 0 aliphatic heterocycles. The number of nitrogens with zero attached hydrogens (tertiary/aromatic N) is 2. The van der Waals surface area contributed by atoms with Crippen molar-refractivity contribution >= 4 is 21.6 Å².